The zero-order valence-corrected chi connectivity index (χ0v) is 15.7. The number of likely N-dealkylation sites (N-methyl/N-ethyl adjacent to an activating group) is 2. The molecule has 2 saturated heterocycles. The minimum absolute atomic E-state index is 0.0454. The minimum atomic E-state index is -0.389. The average molecular weight is 375 g/mol. The van der Waals surface area contributed by atoms with Gasteiger partial charge in [0.2, 0.25) is 5.91 Å². The van der Waals surface area contributed by atoms with Gasteiger partial charge >= 0.3 is 0 Å². The van der Waals surface area contributed by atoms with Gasteiger partial charge in [0.1, 0.15) is 11.6 Å². The monoisotopic (exact) mass is 375 g/mol. The van der Waals surface area contributed by atoms with Crippen LogP contribution in [0.5, 0.6) is 11.5 Å². The number of carbonyl (C=O) groups is 2. The standard InChI is InChI=1S/C19H25N3O5/c1-20-17(23)14-9-27-19(10-21(14)2)11-22(12-19)18(24)13-4-5-15-16(8-13)26-7-3-6-25-15/h4-5,8,14H,3,6-7,9-12H2,1-2H3,(H,20,23)/t14-/m0/s1. The fourth-order valence-corrected chi connectivity index (χ4v) is 3.90. The molecule has 0 radical (unpaired) electrons. The maximum atomic E-state index is 12.8. The third-order valence-electron chi connectivity index (χ3n) is 5.41. The summed E-state index contributed by atoms with van der Waals surface area (Å²) in [5.41, 5.74) is 0.196. The Morgan fingerprint density at radius 3 is 2.59 bits per heavy atom. The summed E-state index contributed by atoms with van der Waals surface area (Å²) in [5.74, 6) is 1.21. The first kappa shape index (κ1) is 18.1. The molecule has 1 N–H and O–H groups in total. The molecule has 3 aliphatic rings. The van der Waals surface area contributed by atoms with E-state index in [1.807, 2.05) is 11.9 Å². The number of hydrogen-bond acceptors (Lipinski definition) is 6. The van der Waals surface area contributed by atoms with E-state index in [0.29, 0.717) is 56.5 Å². The van der Waals surface area contributed by atoms with Gasteiger partial charge in [-0.15, -0.1) is 0 Å². The quantitative estimate of drug-likeness (QED) is 0.791. The smallest absolute Gasteiger partial charge is 0.254 e. The van der Waals surface area contributed by atoms with E-state index in [0.717, 1.165) is 6.42 Å². The number of amides is 2. The maximum Gasteiger partial charge on any atom is 0.254 e. The topological polar surface area (TPSA) is 80.3 Å². The number of ether oxygens (including phenoxy) is 3. The summed E-state index contributed by atoms with van der Waals surface area (Å²) in [7, 11) is 3.54. The summed E-state index contributed by atoms with van der Waals surface area (Å²) < 4.78 is 17.3. The van der Waals surface area contributed by atoms with E-state index in [4.69, 9.17) is 14.2 Å². The van der Waals surface area contributed by atoms with Crippen LogP contribution in [0.1, 0.15) is 16.8 Å². The highest BCUT2D eigenvalue weighted by Crippen LogP contribution is 2.34. The molecule has 2 amide bonds. The van der Waals surface area contributed by atoms with Gasteiger partial charge in [0.15, 0.2) is 11.5 Å². The van der Waals surface area contributed by atoms with Crippen LogP contribution in [0.2, 0.25) is 0 Å². The van der Waals surface area contributed by atoms with Crippen LogP contribution in [-0.4, -0.2) is 86.8 Å². The van der Waals surface area contributed by atoms with E-state index in [1.165, 1.54) is 0 Å². The molecular formula is C19H25N3O5. The van der Waals surface area contributed by atoms with Crippen LogP contribution in [0.25, 0.3) is 0 Å². The highest BCUT2D eigenvalue weighted by Gasteiger charge is 2.51. The number of morpholine rings is 1. The van der Waals surface area contributed by atoms with Crippen LogP contribution in [0.3, 0.4) is 0 Å². The summed E-state index contributed by atoms with van der Waals surface area (Å²) in [6.07, 6.45) is 0.828. The van der Waals surface area contributed by atoms with E-state index in [1.54, 1.807) is 30.1 Å². The highest BCUT2D eigenvalue weighted by molar-refractivity contribution is 5.95. The maximum absolute atomic E-state index is 12.8. The Labute approximate surface area is 158 Å². The SMILES string of the molecule is CNC(=O)[C@@H]1COC2(CN(C(=O)c3ccc4c(c3)OCCCO4)C2)CN1C. The van der Waals surface area contributed by atoms with Crippen molar-refractivity contribution in [3.63, 3.8) is 0 Å². The van der Waals surface area contributed by atoms with Gasteiger partial charge in [0.05, 0.1) is 32.9 Å². The molecule has 2 fully saturated rings. The van der Waals surface area contributed by atoms with Gasteiger partial charge in [0, 0.05) is 25.6 Å². The number of hydrogen-bond donors (Lipinski definition) is 1. The molecule has 146 valence electrons. The third-order valence-corrected chi connectivity index (χ3v) is 5.41. The first-order valence-electron chi connectivity index (χ1n) is 9.26. The molecule has 0 unspecified atom stereocenters. The summed E-state index contributed by atoms with van der Waals surface area (Å²) in [5, 5.41) is 2.66. The lowest BCUT2D eigenvalue weighted by molar-refractivity contribution is -0.187. The molecule has 1 spiro atoms. The molecule has 1 aromatic rings. The Hall–Kier alpha value is -2.32. The van der Waals surface area contributed by atoms with Crippen molar-refractivity contribution in [3.8, 4) is 11.5 Å². The molecule has 27 heavy (non-hydrogen) atoms. The zero-order chi connectivity index (χ0) is 19.0. The lowest BCUT2D eigenvalue weighted by Crippen LogP contribution is -2.73. The van der Waals surface area contributed by atoms with E-state index < -0.39 is 0 Å². The molecule has 0 bridgehead atoms. The molecule has 1 atom stereocenters. The van der Waals surface area contributed by atoms with Gasteiger partial charge in [-0.1, -0.05) is 0 Å². The van der Waals surface area contributed by atoms with Gasteiger partial charge in [0.25, 0.3) is 5.91 Å². The van der Waals surface area contributed by atoms with Crippen LogP contribution in [0.15, 0.2) is 18.2 Å². The average Bonchev–Trinajstić information content (AvgIpc) is 2.89. The fourth-order valence-electron chi connectivity index (χ4n) is 3.90. The molecule has 3 aliphatic heterocycles. The number of rotatable bonds is 2. The minimum Gasteiger partial charge on any atom is -0.490 e. The van der Waals surface area contributed by atoms with Crippen LogP contribution in [0.4, 0.5) is 0 Å². The fraction of sp³-hybridized carbons (Fsp3) is 0.579. The van der Waals surface area contributed by atoms with Gasteiger partial charge in [-0.05, 0) is 25.2 Å². The molecule has 1 aromatic carbocycles. The summed E-state index contributed by atoms with van der Waals surface area (Å²) in [4.78, 5) is 28.5. The van der Waals surface area contributed by atoms with Crippen molar-refractivity contribution in [2.24, 2.45) is 0 Å². The molecule has 0 saturated carbocycles. The summed E-state index contributed by atoms with van der Waals surface area (Å²) in [6.45, 7) is 3.20. The van der Waals surface area contributed by atoms with E-state index in [9.17, 15) is 9.59 Å². The first-order valence-corrected chi connectivity index (χ1v) is 9.26. The normalized spacial score (nSPS) is 24.1. The Morgan fingerprint density at radius 1 is 1.15 bits per heavy atom. The van der Waals surface area contributed by atoms with Crippen molar-refractivity contribution in [1.29, 1.82) is 0 Å². The van der Waals surface area contributed by atoms with Crippen molar-refractivity contribution in [2.75, 3.05) is 53.6 Å². The molecule has 8 nitrogen and oxygen atoms in total. The van der Waals surface area contributed by atoms with Crippen LogP contribution in [0, 0.1) is 0 Å². The first-order chi connectivity index (χ1) is 13.0. The Kier molecular flexibility index (Phi) is 4.69. The van der Waals surface area contributed by atoms with Crippen molar-refractivity contribution in [3.05, 3.63) is 23.8 Å². The number of carbonyl (C=O) groups excluding carboxylic acids is 2. The van der Waals surface area contributed by atoms with Crippen molar-refractivity contribution in [2.45, 2.75) is 18.1 Å². The second kappa shape index (κ2) is 7.01. The van der Waals surface area contributed by atoms with Crippen molar-refractivity contribution >= 4 is 11.8 Å². The molecule has 8 heteroatoms. The van der Waals surface area contributed by atoms with E-state index in [-0.39, 0.29) is 23.5 Å². The molecule has 0 aliphatic carbocycles. The Morgan fingerprint density at radius 2 is 1.89 bits per heavy atom. The number of nitrogens with one attached hydrogen (secondary N) is 1. The van der Waals surface area contributed by atoms with Crippen LogP contribution >= 0.6 is 0 Å². The lowest BCUT2D eigenvalue weighted by atomic mass is 9.90. The van der Waals surface area contributed by atoms with Gasteiger partial charge in [-0.2, -0.15) is 0 Å². The Bertz CT molecular complexity index is 747. The third kappa shape index (κ3) is 3.35. The number of fused-ring (bicyclic) bond motifs is 1. The number of nitrogens with zero attached hydrogens (tertiary/aromatic N) is 2. The molecule has 0 aromatic heterocycles. The second-order valence-electron chi connectivity index (χ2n) is 7.41. The molecule has 4 rings (SSSR count). The van der Waals surface area contributed by atoms with Crippen LogP contribution < -0.4 is 14.8 Å². The summed E-state index contributed by atoms with van der Waals surface area (Å²) in [6, 6.07) is 5.04. The predicted molar refractivity (Wildman–Crippen MR) is 97.1 cm³/mol. The van der Waals surface area contributed by atoms with Crippen molar-refractivity contribution in [1.82, 2.24) is 15.1 Å². The van der Waals surface area contributed by atoms with Gasteiger partial charge in [-0.25, -0.2) is 0 Å². The summed E-state index contributed by atoms with van der Waals surface area (Å²) >= 11 is 0. The second-order valence-corrected chi connectivity index (χ2v) is 7.41. The van der Waals surface area contributed by atoms with Gasteiger partial charge < -0.3 is 24.4 Å². The Balaban J connectivity index is 1.39. The van der Waals surface area contributed by atoms with Crippen molar-refractivity contribution < 1.29 is 23.8 Å². The van der Waals surface area contributed by atoms with Gasteiger partial charge in [-0.3, -0.25) is 14.5 Å². The van der Waals surface area contributed by atoms with E-state index in [2.05, 4.69) is 5.32 Å². The molecular weight excluding hydrogens is 350 g/mol. The highest BCUT2D eigenvalue weighted by atomic mass is 16.5. The zero-order valence-electron chi connectivity index (χ0n) is 15.7. The lowest BCUT2D eigenvalue weighted by Gasteiger charge is -2.54. The van der Waals surface area contributed by atoms with Crippen LogP contribution in [-0.2, 0) is 9.53 Å². The van der Waals surface area contributed by atoms with E-state index >= 15 is 0 Å². The largest absolute Gasteiger partial charge is 0.490 e. The predicted octanol–water partition coefficient (Wildman–Crippen LogP) is 0.119. The molecule has 3 heterocycles. The number of benzene rings is 1. The number of likely N-dealkylation sites (tertiary alicyclic amines) is 1.